The van der Waals surface area contributed by atoms with Crippen LogP contribution in [-0.4, -0.2) is 35.5 Å². The van der Waals surface area contributed by atoms with E-state index >= 15 is 0 Å². The minimum absolute atomic E-state index is 0.0451. The van der Waals surface area contributed by atoms with Crippen molar-refractivity contribution in [1.82, 2.24) is 5.32 Å². The summed E-state index contributed by atoms with van der Waals surface area (Å²) in [6.45, 7) is 0.840. The van der Waals surface area contributed by atoms with E-state index in [1.54, 1.807) is 0 Å². The summed E-state index contributed by atoms with van der Waals surface area (Å²) in [6, 6.07) is 0. The zero-order valence-corrected chi connectivity index (χ0v) is 4.02. The molecule has 1 fully saturated rings. The highest BCUT2D eigenvalue weighted by Crippen LogP contribution is 2.12. The van der Waals surface area contributed by atoms with Crippen molar-refractivity contribution in [2.45, 2.75) is 5.54 Å². The van der Waals surface area contributed by atoms with Crippen molar-refractivity contribution >= 4 is 0 Å². The fourth-order valence-corrected chi connectivity index (χ4v) is 0.399. The standard InChI is InChI=1S/C4H9NO2/c6-2-4(3-7)1-5-4/h5-7H,1-3H2. The van der Waals surface area contributed by atoms with Crippen molar-refractivity contribution in [1.29, 1.82) is 0 Å². The molecule has 0 radical (unpaired) electrons. The van der Waals surface area contributed by atoms with Gasteiger partial charge >= 0.3 is 0 Å². The summed E-state index contributed by atoms with van der Waals surface area (Å²) in [4.78, 5) is 0. The normalized spacial score (nSPS) is 24.9. The first kappa shape index (κ1) is 5.03. The molecule has 3 nitrogen and oxygen atoms in total. The summed E-state index contributed by atoms with van der Waals surface area (Å²) in [5.74, 6) is 0. The van der Waals surface area contributed by atoms with Crippen LogP contribution >= 0.6 is 0 Å². The van der Waals surface area contributed by atoms with Gasteiger partial charge in [-0.25, -0.2) is 0 Å². The Labute approximate surface area is 42.0 Å². The van der Waals surface area contributed by atoms with Crippen molar-refractivity contribution in [3.8, 4) is 0 Å². The third-order valence-electron chi connectivity index (χ3n) is 1.28. The molecule has 0 aromatic heterocycles. The van der Waals surface area contributed by atoms with Gasteiger partial charge in [-0.05, 0) is 0 Å². The van der Waals surface area contributed by atoms with Crippen LogP contribution in [0.15, 0.2) is 0 Å². The summed E-state index contributed by atoms with van der Waals surface area (Å²) in [7, 11) is 0. The second-order valence-electron chi connectivity index (χ2n) is 1.95. The van der Waals surface area contributed by atoms with Gasteiger partial charge in [-0.2, -0.15) is 0 Å². The maximum Gasteiger partial charge on any atom is 0.0774 e. The average molecular weight is 103 g/mol. The van der Waals surface area contributed by atoms with Gasteiger partial charge in [0.25, 0.3) is 0 Å². The molecular formula is C4H9NO2. The molecular weight excluding hydrogens is 94.0 g/mol. The summed E-state index contributed by atoms with van der Waals surface area (Å²) in [5, 5.41) is 19.7. The lowest BCUT2D eigenvalue weighted by Gasteiger charge is -2.01. The van der Waals surface area contributed by atoms with Gasteiger partial charge < -0.3 is 15.5 Å². The predicted octanol–water partition coefficient (Wildman–Crippen LogP) is -1.69. The first-order chi connectivity index (χ1) is 3.33. The van der Waals surface area contributed by atoms with E-state index in [2.05, 4.69) is 5.32 Å². The van der Waals surface area contributed by atoms with E-state index in [0.717, 1.165) is 6.54 Å². The molecule has 0 bridgehead atoms. The van der Waals surface area contributed by atoms with Crippen LogP contribution < -0.4 is 5.32 Å². The second-order valence-corrected chi connectivity index (χ2v) is 1.95. The third kappa shape index (κ3) is 0.748. The van der Waals surface area contributed by atoms with Crippen LogP contribution in [0.1, 0.15) is 0 Å². The Morgan fingerprint density at radius 3 is 1.86 bits per heavy atom. The minimum Gasteiger partial charge on any atom is -0.394 e. The summed E-state index contributed by atoms with van der Waals surface area (Å²) < 4.78 is 0. The predicted molar refractivity (Wildman–Crippen MR) is 24.9 cm³/mol. The molecule has 0 unspecified atom stereocenters. The number of aliphatic hydroxyl groups is 2. The summed E-state index contributed by atoms with van der Waals surface area (Å²) in [5.41, 5.74) is -0.306. The molecule has 1 rings (SSSR count). The van der Waals surface area contributed by atoms with Crippen LogP contribution in [0.3, 0.4) is 0 Å². The minimum atomic E-state index is -0.306. The van der Waals surface area contributed by atoms with Gasteiger partial charge in [0.05, 0.1) is 18.8 Å². The number of nitrogens with one attached hydrogen (secondary N) is 1. The van der Waals surface area contributed by atoms with E-state index in [9.17, 15) is 0 Å². The lowest BCUT2D eigenvalue weighted by molar-refractivity contribution is 0.177. The molecule has 42 valence electrons. The molecule has 0 spiro atoms. The monoisotopic (exact) mass is 103 g/mol. The lowest BCUT2D eigenvalue weighted by atomic mass is 10.2. The smallest absolute Gasteiger partial charge is 0.0774 e. The average Bonchev–Trinajstić information content (AvgIpc) is 2.46. The van der Waals surface area contributed by atoms with E-state index in [4.69, 9.17) is 10.2 Å². The van der Waals surface area contributed by atoms with Crippen molar-refractivity contribution in [3.05, 3.63) is 0 Å². The zero-order valence-electron chi connectivity index (χ0n) is 4.02. The highest BCUT2D eigenvalue weighted by molar-refractivity contribution is 5.02. The van der Waals surface area contributed by atoms with E-state index in [1.807, 2.05) is 0 Å². The highest BCUT2D eigenvalue weighted by Gasteiger charge is 2.40. The molecule has 1 aliphatic heterocycles. The van der Waals surface area contributed by atoms with Gasteiger partial charge in [0.15, 0.2) is 0 Å². The molecule has 0 aromatic rings. The van der Waals surface area contributed by atoms with Crippen LogP contribution in [-0.2, 0) is 0 Å². The van der Waals surface area contributed by atoms with E-state index < -0.39 is 0 Å². The fraction of sp³-hybridized carbons (Fsp3) is 1.00. The Balaban J connectivity index is 2.28. The molecule has 7 heavy (non-hydrogen) atoms. The molecule has 1 aliphatic rings. The number of hydrogen-bond donors (Lipinski definition) is 3. The molecule has 0 aromatic carbocycles. The Hall–Kier alpha value is -0.120. The molecule has 3 N–H and O–H groups in total. The van der Waals surface area contributed by atoms with Crippen LogP contribution in [0.4, 0.5) is 0 Å². The summed E-state index contributed by atoms with van der Waals surface area (Å²) >= 11 is 0. The number of rotatable bonds is 2. The molecule has 0 amide bonds. The van der Waals surface area contributed by atoms with Gasteiger partial charge in [0, 0.05) is 6.54 Å². The molecule has 1 saturated heterocycles. The first-order valence-electron chi connectivity index (χ1n) is 2.30. The number of aliphatic hydroxyl groups excluding tert-OH is 2. The van der Waals surface area contributed by atoms with Gasteiger partial charge in [-0.3, -0.25) is 0 Å². The van der Waals surface area contributed by atoms with Gasteiger partial charge in [-0.15, -0.1) is 0 Å². The van der Waals surface area contributed by atoms with Crippen molar-refractivity contribution in [3.63, 3.8) is 0 Å². The second kappa shape index (κ2) is 1.43. The Kier molecular flexibility index (Phi) is 1.03. The topological polar surface area (TPSA) is 62.4 Å². The zero-order chi connectivity index (χ0) is 5.33. The Bertz CT molecular complexity index is 64.1. The molecule has 1 heterocycles. The maximum atomic E-state index is 8.43. The molecule has 0 aliphatic carbocycles. The van der Waals surface area contributed by atoms with Crippen LogP contribution in [0.2, 0.25) is 0 Å². The van der Waals surface area contributed by atoms with Crippen molar-refractivity contribution < 1.29 is 10.2 Å². The molecule has 3 heteroatoms. The largest absolute Gasteiger partial charge is 0.394 e. The van der Waals surface area contributed by atoms with Gasteiger partial charge in [0.1, 0.15) is 0 Å². The quantitative estimate of drug-likeness (QED) is 0.365. The van der Waals surface area contributed by atoms with Crippen molar-refractivity contribution in [2.75, 3.05) is 19.8 Å². The van der Waals surface area contributed by atoms with Crippen LogP contribution in [0.5, 0.6) is 0 Å². The van der Waals surface area contributed by atoms with Gasteiger partial charge in [0.2, 0.25) is 0 Å². The maximum absolute atomic E-state index is 8.43. The Morgan fingerprint density at radius 1 is 1.43 bits per heavy atom. The molecule has 0 atom stereocenters. The van der Waals surface area contributed by atoms with Crippen LogP contribution in [0, 0.1) is 0 Å². The molecule has 0 saturated carbocycles. The number of hydrogen-bond acceptors (Lipinski definition) is 3. The van der Waals surface area contributed by atoms with E-state index in [0.29, 0.717) is 0 Å². The van der Waals surface area contributed by atoms with E-state index in [1.165, 1.54) is 0 Å². The summed E-state index contributed by atoms with van der Waals surface area (Å²) in [6.07, 6.45) is 0. The first-order valence-corrected chi connectivity index (χ1v) is 2.30. The SMILES string of the molecule is OCC1(CO)CN1. The lowest BCUT2D eigenvalue weighted by Crippen LogP contribution is -2.25. The highest BCUT2D eigenvalue weighted by atomic mass is 16.3. The van der Waals surface area contributed by atoms with Gasteiger partial charge in [-0.1, -0.05) is 0 Å². The third-order valence-corrected chi connectivity index (χ3v) is 1.28. The van der Waals surface area contributed by atoms with Crippen molar-refractivity contribution in [2.24, 2.45) is 0 Å². The fourth-order valence-electron chi connectivity index (χ4n) is 0.399. The van der Waals surface area contributed by atoms with Crippen LogP contribution in [0.25, 0.3) is 0 Å². The van der Waals surface area contributed by atoms with E-state index in [-0.39, 0.29) is 18.8 Å². The Morgan fingerprint density at radius 2 is 1.86 bits per heavy atom.